The second-order valence-electron chi connectivity index (χ2n) is 15.7. The van der Waals surface area contributed by atoms with Crippen molar-refractivity contribution >= 4 is 0 Å². The van der Waals surface area contributed by atoms with Gasteiger partial charge >= 0.3 is 0 Å². The van der Waals surface area contributed by atoms with E-state index in [1.165, 1.54) is 55.6 Å². The highest BCUT2D eigenvalue weighted by molar-refractivity contribution is 5.89. The first-order valence-corrected chi connectivity index (χ1v) is 20.9. The normalized spacial score (nSPS) is 12.4. The fourth-order valence-corrected chi connectivity index (χ4v) is 9.28. The summed E-state index contributed by atoms with van der Waals surface area (Å²) in [5.74, 6) is 0.702. The Labute approximate surface area is 357 Å². The lowest BCUT2D eigenvalue weighted by Crippen LogP contribution is -2.28. The predicted octanol–water partition coefficient (Wildman–Crippen LogP) is 14.8. The first-order valence-electron chi connectivity index (χ1n) is 20.9. The minimum atomic E-state index is -0.449. The molecular formula is C59H40N2. The Morgan fingerprint density at radius 3 is 1.28 bits per heavy atom. The van der Waals surface area contributed by atoms with Crippen LogP contribution in [0.1, 0.15) is 22.3 Å². The maximum Gasteiger partial charge on any atom is 0.160 e. The number of fused-ring (bicyclic) bond motifs is 3. The van der Waals surface area contributed by atoms with E-state index in [9.17, 15) is 0 Å². The van der Waals surface area contributed by atoms with Crippen LogP contribution >= 0.6 is 0 Å². The van der Waals surface area contributed by atoms with Crippen LogP contribution in [0.3, 0.4) is 0 Å². The molecule has 0 N–H and O–H groups in total. The molecule has 0 aliphatic heterocycles. The van der Waals surface area contributed by atoms with Crippen molar-refractivity contribution in [3.05, 3.63) is 265 Å². The molecule has 0 saturated heterocycles. The van der Waals surface area contributed by atoms with E-state index in [-0.39, 0.29) is 0 Å². The number of rotatable bonds is 8. The highest BCUT2D eigenvalue weighted by Crippen LogP contribution is 2.56. The summed E-state index contributed by atoms with van der Waals surface area (Å²) >= 11 is 0. The molecule has 0 radical (unpaired) electrons. The van der Waals surface area contributed by atoms with E-state index in [1.54, 1.807) is 0 Å². The Kier molecular flexibility index (Phi) is 9.09. The van der Waals surface area contributed by atoms with Gasteiger partial charge in [-0.2, -0.15) is 0 Å². The first-order chi connectivity index (χ1) is 30.2. The van der Waals surface area contributed by atoms with Gasteiger partial charge in [0.2, 0.25) is 0 Å². The van der Waals surface area contributed by atoms with E-state index in [0.717, 1.165) is 39.2 Å². The lowest BCUT2D eigenvalue weighted by atomic mass is 9.67. The minimum Gasteiger partial charge on any atom is -0.228 e. The summed E-state index contributed by atoms with van der Waals surface area (Å²) in [4.78, 5) is 10.3. The van der Waals surface area contributed by atoms with E-state index in [2.05, 4.69) is 218 Å². The zero-order chi connectivity index (χ0) is 40.6. The molecule has 2 heteroatoms. The molecule has 11 rings (SSSR count). The van der Waals surface area contributed by atoms with Crippen molar-refractivity contribution in [2.75, 3.05) is 0 Å². The fourth-order valence-electron chi connectivity index (χ4n) is 9.28. The Morgan fingerprint density at radius 2 is 0.656 bits per heavy atom. The SMILES string of the molecule is c1ccc(-c2ccc(-c3cc(-c4cccc(-c5cccc(-c6ccc7c(c6)C(c6ccccc6)(c6ccccc6)c6ccccc6-7)c5)c4)nc(-c4ccccc4)n3)cc2)cc1. The second kappa shape index (κ2) is 15.3. The van der Waals surface area contributed by atoms with Gasteiger partial charge in [-0.05, 0) is 91.0 Å². The molecule has 0 fully saturated rings. The van der Waals surface area contributed by atoms with Crippen LogP contribution in [0.25, 0.3) is 78.4 Å². The summed E-state index contributed by atoms with van der Waals surface area (Å²) < 4.78 is 0. The molecule has 286 valence electrons. The molecule has 0 bridgehead atoms. The third kappa shape index (κ3) is 6.46. The largest absolute Gasteiger partial charge is 0.228 e. The maximum absolute atomic E-state index is 5.17. The predicted molar refractivity (Wildman–Crippen MR) is 252 cm³/mol. The Balaban J connectivity index is 0.992. The van der Waals surface area contributed by atoms with Crippen molar-refractivity contribution in [1.82, 2.24) is 9.97 Å². The van der Waals surface area contributed by atoms with Crippen molar-refractivity contribution in [1.29, 1.82) is 0 Å². The molecular weight excluding hydrogens is 737 g/mol. The smallest absolute Gasteiger partial charge is 0.160 e. The lowest BCUT2D eigenvalue weighted by Gasteiger charge is -2.34. The second-order valence-corrected chi connectivity index (χ2v) is 15.7. The molecule has 61 heavy (non-hydrogen) atoms. The molecule has 2 nitrogen and oxygen atoms in total. The van der Waals surface area contributed by atoms with Crippen molar-refractivity contribution in [3.8, 4) is 78.4 Å². The number of hydrogen-bond donors (Lipinski definition) is 0. The number of aromatic nitrogens is 2. The van der Waals surface area contributed by atoms with Gasteiger partial charge in [0.25, 0.3) is 0 Å². The zero-order valence-corrected chi connectivity index (χ0v) is 33.5. The van der Waals surface area contributed by atoms with Crippen LogP contribution in [0.15, 0.2) is 243 Å². The average molecular weight is 777 g/mol. The monoisotopic (exact) mass is 776 g/mol. The molecule has 1 aromatic heterocycles. The first kappa shape index (κ1) is 36.2. The highest BCUT2D eigenvalue weighted by Gasteiger charge is 2.46. The molecule has 0 unspecified atom stereocenters. The topological polar surface area (TPSA) is 25.8 Å². The van der Waals surface area contributed by atoms with Gasteiger partial charge in [-0.3, -0.25) is 0 Å². The van der Waals surface area contributed by atoms with Crippen LogP contribution in [0.2, 0.25) is 0 Å². The molecule has 1 aliphatic carbocycles. The standard InChI is InChI=1S/C59H40N2/c1-5-17-41(18-6-1)42-31-33-43(34-32-42)56-40-57(61-58(60-56)44-19-7-2-8-20-44)49-24-16-23-47(38-49)45-21-15-22-46(37-45)48-35-36-53-52-29-13-14-30-54(52)59(55(53)39-48,50-25-9-3-10-26-50)51-27-11-4-12-28-51/h1-40H. The average Bonchev–Trinajstić information content (AvgIpc) is 3.65. The van der Waals surface area contributed by atoms with Gasteiger partial charge in [-0.25, -0.2) is 9.97 Å². The third-order valence-corrected chi connectivity index (χ3v) is 12.2. The molecule has 1 heterocycles. The summed E-state index contributed by atoms with van der Waals surface area (Å²) in [6.07, 6.45) is 0. The van der Waals surface area contributed by atoms with Crippen LogP contribution in [0, 0.1) is 0 Å². The van der Waals surface area contributed by atoms with Gasteiger partial charge in [-0.1, -0.05) is 218 Å². The van der Waals surface area contributed by atoms with Gasteiger partial charge in [-0.15, -0.1) is 0 Å². The fraction of sp³-hybridized carbons (Fsp3) is 0.0169. The van der Waals surface area contributed by atoms with Crippen LogP contribution in [0.5, 0.6) is 0 Å². The molecule has 1 aliphatic rings. The number of nitrogens with zero attached hydrogens (tertiary/aromatic N) is 2. The summed E-state index contributed by atoms with van der Waals surface area (Å²) in [5, 5.41) is 0. The Hall–Kier alpha value is -7.94. The quantitative estimate of drug-likeness (QED) is 0.154. The van der Waals surface area contributed by atoms with Gasteiger partial charge < -0.3 is 0 Å². The van der Waals surface area contributed by atoms with E-state index in [0.29, 0.717) is 5.82 Å². The Bertz CT molecular complexity index is 3120. The van der Waals surface area contributed by atoms with Crippen molar-refractivity contribution in [2.45, 2.75) is 5.41 Å². The number of hydrogen-bond acceptors (Lipinski definition) is 2. The molecule has 9 aromatic carbocycles. The van der Waals surface area contributed by atoms with Crippen LogP contribution in [-0.2, 0) is 5.41 Å². The van der Waals surface area contributed by atoms with Gasteiger partial charge in [0.1, 0.15) is 0 Å². The van der Waals surface area contributed by atoms with E-state index in [1.807, 2.05) is 24.3 Å². The van der Waals surface area contributed by atoms with Crippen molar-refractivity contribution in [3.63, 3.8) is 0 Å². The van der Waals surface area contributed by atoms with Crippen LogP contribution < -0.4 is 0 Å². The summed E-state index contributed by atoms with van der Waals surface area (Å²) in [6, 6.07) is 87.2. The summed E-state index contributed by atoms with van der Waals surface area (Å²) in [5.41, 5.74) is 19.1. The van der Waals surface area contributed by atoms with Crippen LogP contribution in [0.4, 0.5) is 0 Å². The van der Waals surface area contributed by atoms with E-state index >= 15 is 0 Å². The van der Waals surface area contributed by atoms with Crippen LogP contribution in [-0.4, -0.2) is 9.97 Å². The summed E-state index contributed by atoms with van der Waals surface area (Å²) in [7, 11) is 0. The third-order valence-electron chi connectivity index (χ3n) is 12.2. The molecule has 10 aromatic rings. The van der Waals surface area contributed by atoms with E-state index in [4.69, 9.17) is 9.97 Å². The minimum absolute atomic E-state index is 0.449. The molecule has 0 atom stereocenters. The molecule has 0 saturated carbocycles. The van der Waals surface area contributed by atoms with Gasteiger partial charge in [0, 0.05) is 16.7 Å². The van der Waals surface area contributed by atoms with Gasteiger partial charge in [0.15, 0.2) is 5.82 Å². The van der Waals surface area contributed by atoms with Crippen molar-refractivity contribution < 1.29 is 0 Å². The van der Waals surface area contributed by atoms with E-state index < -0.39 is 5.41 Å². The Morgan fingerprint density at radius 1 is 0.246 bits per heavy atom. The lowest BCUT2D eigenvalue weighted by molar-refractivity contribution is 0.769. The zero-order valence-electron chi connectivity index (χ0n) is 33.5. The molecule has 0 spiro atoms. The summed E-state index contributed by atoms with van der Waals surface area (Å²) in [6.45, 7) is 0. The maximum atomic E-state index is 5.17. The van der Waals surface area contributed by atoms with Crippen molar-refractivity contribution in [2.24, 2.45) is 0 Å². The van der Waals surface area contributed by atoms with Gasteiger partial charge in [0.05, 0.1) is 16.8 Å². The molecule has 0 amide bonds. The number of benzene rings is 9. The highest BCUT2D eigenvalue weighted by atomic mass is 14.9.